The van der Waals surface area contributed by atoms with E-state index in [0.717, 1.165) is 62.8 Å². The lowest BCUT2D eigenvalue weighted by Crippen LogP contribution is -2.48. The standard InChI is InChI=1S/C21H37N7OS/c1-22-21(23-14-19(26(2)3)17-13-24-27(4)15-17)25-18-7-5-16(6-8-18)20(29)28-9-11-30-12-10-28/h13,15-16,18-19H,5-12,14H2,1-4H3,(H2,22,23,25). The van der Waals surface area contributed by atoms with E-state index in [1.807, 2.05) is 36.7 Å². The van der Waals surface area contributed by atoms with Crippen LogP contribution in [0.4, 0.5) is 0 Å². The van der Waals surface area contributed by atoms with Crippen molar-refractivity contribution in [2.75, 3.05) is 52.3 Å². The van der Waals surface area contributed by atoms with Crippen LogP contribution < -0.4 is 10.6 Å². The Bertz CT molecular complexity index is 706. The number of aliphatic imine (C=N–C) groups is 1. The highest BCUT2D eigenvalue weighted by Crippen LogP contribution is 2.27. The number of carbonyl (C=O) groups is 1. The summed E-state index contributed by atoms with van der Waals surface area (Å²) in [6.07, 6.45) is 7.93. The molecule has 30 heavy (non-hydrogen) atoms. The average Bonchev–Trinajstić information content (AvgIpc) is 3.19. The quantitative estimate of drug-likeness (QED) is 0.518. The zero-order valence-corrected chi connectivity index (χ0v) is 19.6. The highest BCUT2D eigenvalue weighted by atomic mass is 32.2. The first kappa shape index (κ1) is 22.9. The summed E-state index contributed by atoms with van der Waals surface area (Å²) in [5.74, 6) is 3.56. The van der Waals surface area contributed by atoms with Crippen molar-refractivity contribution in [2.45, 2.75) is 37.8 Å². The summed E-state index contributed by atoms with van der Waals surface area (Å²) in [6, 6.07) is 0.585. The first-order valence-corrected chi connectivity index (χ1v) is 12.1. The van der Waals surface area contributed by atoms with Crippen molar-refractivity contribution in [1.29, 1.82) is 0 Å². The number of hydrogen-bond acceptors (Lipinski definition) is 5. The molecule has 3 rings (SSSR count). The summed E-state index contributed by atoms with van der Waals surface area (Å²) in [5, 5.41) is 11.3. The minimum atomic E-state index is 0.199. The largest absolute Gasteiger partial charge is 0.354 e. The Kier molecular flexibility index (Phi) is 8.44. The molecule has 0 aromatic carbocycles. The van der Waals surface area contributed by atoms with Gasteiger partial charge in [-0.3, -0.25) is 14.5 Å². The van der Waals surface area contributed by atoms with Crippen LogP contribution in [0.25, 0.3) is 0 Å². The van der Waals surface area contributed by atoms with E-state index in [9.17, 15) is 4.79 Å². The summed E-state index contributed by atoms with van der Waals surface area (Å²) in [4.78, 5) is 21.4. The topological polar surface area (TPSA) is 77.8 Å². The zero-order chi connectivity index (χ0) is 21.5. The number of carbonyl (C=O) groups excluding carboxylic acids is 1. The van der Waals surface area contributed by atoms with Gasteiger partial charge in [0.15, 0.2) is 5.96 Å². The van der Waals surface area contributed by atoms with Crippen molar-refractivity contribution >= 4 is 23.6 Å². The second kappa shape index (κ2) is 11.0. The van der Waals surface area contributed by atoms with Crippen LogP contribution >= 0.6 is 11.8 Å². The van der Waals surface area contributed by atoms with Crippen molar-refractivity contribution in [3.8, 4) is 0 Å². The number of nitrogens with one attached hydrogen (secondary N) is 2. The molecule has 1 saturated heterocycles. The fourth-order valence-electron chi connectivity index (χ4n) is 4.32. The van der Waals surface area contributed by atoms with E-state index >= 15 is 0 Å². The normalized spacial score (nSPS) is 24.0. The van der Waals surface area contributed by atoms with Crippen LogP contribution in [0.2, 0.25) is 0 Å². The molecule has 1 aliphatic heterocycles. The molecule has 0 bridgehead atoms. The minimum absolute atomic E-state index is 0.199. The third-order valence-electron chi connectivity index (χ3n) is 6.16. The van der Waals surface area contributed by atoms with Crippen LogP contribution in [0.5, 0.6) is 0 Å². The van der Waals surface area contributed by atoms with Gasteiger partial charge in [0, 0.05) is 69.0 Å². The summed E-state index contributed by atoms with van der Waals surface area (Å²) >= 11 is 1.95. The van der Waals surface area contributed by atoms with Crippen LogP contribution in [-0.4, -0.2) is 89.8 Å². The number of rotatable bonds is 6. The van der Waals surface area contributed by atoms with Crippen LogP contribution in [0.1, 0.15) is 37.3 Å². The maximum absolute atomic E-state index is 12.8. The van der Waals surface area contributed by atoms with Gasteiger partial charge in [-0.05, 0) is 39.8 Å². The number of nitrogens with zero attached hydrogens (tertiary/aromatic N) is 5. The van der Waals surface area contributed by atoms with E-state index < -0.39 is 0 Å². The molecule has 8 nitrogen and oxygen atoms in total. The predicted octanol–water partition coefficient (Wildman–Crippen LogP) is 1.32. The van der Waals surface area contributed by atoms with Crippen molar-refractivity contribution in [3.05, 3.63) is 18.0 Å². The molecule has 168 valence electrons. The third kappa shape index (κ3) is 6.14. The van der Waals surface area contributed by atoms with E-state index in [1.165, 1.54) is 5.56 Å². The molecule has 1 aromatic rings. The minimum Gasteiger partial charge on any atom is -0.354 e. The molecule has 1 unspecified atom stereocenters. The third-order valence-corrected chi connectivity index (χ3v) is 7.10. The summed E-state index contributed by atoms with van der Waals surface area (Å²) in [7, 11) is 7.91. The van der Waals surface area contributed by atoms with Crippen LogP contribution in [0, 0.1) is 5.92 Å². The molecule has 1 atom stereocenters. The Morgan fingerprint density at radius 2 is 2.00 bits per heavy atom. The lowest BCUT2D eigenvalue weighted by Gasteiger charge is -2.34. The molecular weight excluding hydrogens is 398 g/mol. The fourth-order valence-corrected chi connectivity index (χ4v) is 5.22. The number of aryl methyl sites for hydroxylation is 1. The molecule has 2 fully saturated rings. The number of aromatic nitrogens is 2. The molecule has 0 radical (unpaired) electrons. The van der Waals surface area contributed by atoms with Crippen molar-refractivity contribution in [2.24, 2.45) is 18.0 Å². The lowest BCUT2D eigenvalue weighted by molar-refractivity contribution is -0.136. The van der Waals surface area contributed by atoms with Gasteiger partial charge in [0.2, 0.25) is 5.91 Å². The van der Waals surface area contributed by atoms with E-state index in [4.69, 9.17) is 0 Å². The van der Waals surface area contributed by atoms with E-state index in [0.29, 0.717) is 11.9 Å². The van der Waals surface area contributed by atoms with Gasteiger partial charge >= 0.3 is 0 Å². The maximum atomic E-state index is 12.8. The first-order chi connectivity index (χ1) is 14.5. The Hall–Kier alpha value is -1.74. The molecule has 2 aliphatic rings. The van der Waals surface area contributed by atoms with Gasteiger partial charge in [0.1, 0.15) is 0 Å². The van der Waals surface area contributed by atoms with E-state index in [-0.39, 0.29) is 12.0 Å². The Morgan fingerprint density at radius 3 is 2.57 bits per heavy atom. The molecule has 1 amide bonds. The molecular formula is C21H37N7OS. The SMILES string of the molecule is CN=C(NCC(c1cnn(C)c1)N(C)C)NC1CCC(C(=O)N2CCSCC2)CC1. The highest BCUT2D eigenvalue weighted by Gasteiger charge is 2.30. The molecule has 1 saturated carbocycles. The molecule has 2 heterocycles. The number of guanidine groups is 1. The van der Waals surface area contributed by atoms with Gasteiger partial charge in [-0.25, -0.2) is 0 Å². The van der Waals surface area contributed by atoms with Gasteiger partial charge in [-0.15, -0.1) is 0 Å². The summed E-state index contributed by atoms with van der Waals surface area (Å²) in [5.41, 5.74) is 1.18. The lowest BCUT2D eigenvalue weighted by atomic mass is 9.85. The molecule has 2 N–H and O–H groups in total. The number of hydrogen-bond donors (Lipinski definition) is 2. The Morgan fingerprint density at radius 1 is 1.30 bits per heavy atom. The van der Waals surface area contributed by atoms with Gasteiger partial charge in [-0.2, -0.15) is 16.9 Å². The second-order valence-corrected chi connectivity index (χ2v) is 9.74. The summed E-state index contributed by atoms with van der Waals surface area (Å²) in [6.45, 7) is 2.59. The Balaban J connectivity index is 1.45. The summed E-state index contributed by atoms with van der Waals surface area (Å²) < 4.78 is 1.83. The average molecular weight is 436 g/mol. The molecule has 1 aliphatic carbocycles. The first-order valence-electron chi connectivity index (χ1n) is 11.0. The number of likely N-dealkylation sites (N-methyl/N-ethyl adjacent to an activating group) is 1. The molecule has 9 heteroatoms. The van der Waals surface area contributed by atoms with Crippen LogP contribution in [0.3, 0.4) is 0 Å². The monoisotopic (exact) mass is 435 g/mol. The maximum Gasteiger partial charge on any atom is 0.225 e. The zero-order valence-electron chi connectivity index (χ0n) is 18.8. The Labute approximate surface area is 184 Å². The van der Waals surface area contributed by atoms with Crippen LogP contribution in [0.15, 0.2) is 17.4 Å². The van der Waals surface area contributed by atoms with Crippen molar-refractivity contribution in [3.63, 3.8) is 0 Å². The van der Waals surface area contributed by atoms with Gasteiger partial charge < -0.3 is 20.4 Å². The second-order valence-electron chi connectivity index (χ2n) is 8.51. The van der Waals surface area contributed by atoms with Crippen molar-refractivity contribution < 1.29 is 4.79 Å². The molecule has 1 aromatic heterocycles. The van der Waals surface area contributed by atoms with Crippen molar-refractivity contribution in [1.82, 2.24) is 30.2 Å². The highest BCUT2D eigenvalue weighted by molar-refractivity contribution is 7.99. The molecule has 0 spiro atoms. The van der Waals surface area contributed by atoms with Gasteiger partial charge in [-0.1, -0.05) is 0 Å². The van der Waals surface area contributed by atoms with E-state index in [1.54, 1.807) is 0 Å². The smallest absolute Gasteiger partial charge is 0.225 e. The fraction of sp³-hybridized carbons (Fsp3) is 0.762. The predicted molar refractivity (Wildman–Crippen MR) is 124 cm³/mol. The van der Waals surface area contributed by atoms with Gasteiger partial charge in [0.25, 0.3) is 0 Å². The van der Waals surface area contributed by atoms with Crippen LogP contribution in [-0.2, 0) is 11.8 Å². The van der Waals surface area contributed by atoms with Gasteiger partial charge in [0.05, 0.1) is 12.2 Å². The number of thioether (sulfide) groups is 1. The number of amides is 1. The van der Waals surface area contributed by atoms with E-state index in [2.05, 4.69) is 50.8 Å².